The summed E-state index contributed by atoms with van der Waals surface area (Å²) in [6.45, 7) is 0. The van der Waals surface area contributed by atoms with Gasteiger partial charge in [0.1, 0.15) is 0 Å². The van der Waals surface area contributed by atoms with Gasteiger partial charge in [-0.3, -0.25) is 0 Å². The normalized spacial score (nSPS) is 3.00. The zero-order chi connectivity index (χ0) is 2.71. The fraction of sp³-hybridized carbons (Fsp3) is 0. The Morgan fingerprint density at radius 2 is 1.75 bits per heavy atom. The van der Waals surface area contributed by atoms with Crippen LogP contribution in [-0.4, -0.2) is 0 Å². The van der Waals surface area contributed by atoms with Crippen LogP contribution in [0.5, 0.6) is 0 Å². The third-order valence-corrected chi connectivity index (χ3v) is 0. The first-order valence-corrected chi connectivity index (χ1v) is 0.365. The van der Waals surface area contributed by atoms with Gasteiger partial charge in [-0.1, -0.05) is 0 Å². The van der Waals surface area contributed by atoms with E-state index in [1.807, 2.05) is 0 Å². The summed E-state index contributed by atoms with van der Waals surface area (Å²) in [5.41, 5.74) is 0. The molecule has 0 radical (unpaired) electrons. The van der Waals surface area contributed by atoms with Gasteiger partial charge in [0, 0.05) is 19.8 Å². The molecule has 0 aliphatic rings. The largest absolute Gasteiger partial charge is 0.444 e. The minimum atomic E-state index is 0. The van der Waals surface area contributed by atoms with E-state index in [0.29, 0.717) is 0 Å². The Hall–Kier alpha value is 0.0364. The fourth-order valence-corrected chi connectivity index (χ4v) is 0. The van der Waals surface area contributed by atoms with Crippen molar-refractivity contribution in [3.8, 4) is 0 Å². The Labute approximate surface area is 36.0 Å². The molecule has 4 heteroatoms. The Bertz CT molecular complexity index is 13.5. The van der Waals surface area contributed by atoms with Crippen LogP contribution in [0, 0.1) is 10.1 Å². The smallest absolute Gasteiger partial charge is 0 e. The van der Waals surface area contributed by atoms with Crippen LogP contribution in [0.25, 0.3) is 0 Å². The molecule has 0 aliphatic heterocycles. The molecule has 0 atom stereocenters. The van der Waals surface area contributed by atoms with Gasteiger partial charge in [0.25, 0.3) is 0 Å². The molecule has 0 aromatic heterocycles. The molecule has 4 heavy (non-hydrogen) atoms. The summed E-state index contributed by atoms with van der Waals surface area (Å²) in [6.07, 6.45) is 0. The molecule has 3 nitrogen and oxygen atoms in total. The number of hydrogen-bond acceptors (Lipinski definition) is 3. The van der Waals surface area contributed by atoms with E-state index in [-0.39, 0.29) is 19.8 Å². The van der Waals surface area contributed by atoms with Crippen LogP contribution in [0.15, 0.2) is 5.34 Å². The van der Waals surface area contributed by atoms with Crippen LogP contribution in [0.2, 0.25) is 0 Å². The first-order valence-electron chi connectivity index (χ1n) is 0.365. The van der Waals surface area contributed by atoms with E-state index < -0.39 is 0 Å². The van der Waals surface area contributed by atoms with Crippen LogP contribution in [0.1, 0.15) is 0 Å². The molecule has 0 aliphatic carbocycles. The third kappa shape index (κ3) is 1650. The molecular formula is NO2Os-. The van der Waals surface area contributed by atoms with Gasteiger partial charge in [0.05, 0.1) is 0 Å². The van der Waals surface area contributed by atoms with E-state index in [9.17, 15) is 0 Å². The van der Waals surface area contributed by atoms with Gasteiger partial charge in [0.2, 0.25) is 0 Å². The molecule has 0 amide bonds. The first-order chi connectivity index (χ1) is 1.41. The number of nitrogens with zero attached hydrogens (tertiary/aromatic N) is 1. The summed E-state index contributed by atoms with van der Waals surface area (Å²) >= 11 is 0. The summed E-state index contributed by atoms with van der Waals surface area (Å²) in [5, 5.41) is 9.00. The van der Waals surface area contributed by atoms with Gasteiger partial charge in [0.15, 0.2) is 0 Å². The predicted octanol–water partition coefficient (Wildman–Crippen LogP) is 0.248. The molecule has 0 rings (SSSR count). The molecule has 0 spiro atoms. The van der Waals surface area contributed by atoms with Crippen LogP contribution < -0.4 is 0 Å². The molecule has 0 saturated heterocycles. The van der Waals surface area contributed by atoms with Crippen LogP contribution in [-0.2, 0) is 19.8 Å². The number of rotatable bonds is 0. The fourth-order valence-electron chi connectivity index (χ4n) is 0. The summed E-state index contributed by atoms with van der Waals surface area (Å²) in [4.78, 5) is 8.00. The second-order valence-electron chi connectivity index (χ2n) is 0.0745. The molecule has 0 aromatic rings. The Morgan fingerprint density at radius 3 is 1.75 bits per heavy atom. The van der Waals surface area contributed by atoms with E-state index in [4.69, 9.17) is 10.1 Å². The maximum Gasteiger partial charge on any atom is 0 e. The molecule has 0 heterocycles. The Morgan fingerprint density at radius 1 is 1.75 bits per heavy atom. The first kappa shape index (κ1) is 8.97. The third-order valence-electron chi connectivity index (χ3n) is 0. The van der Waals surface area contributed by atoms with Crippen molar-refractivity contribution < 1.29 is 19.8 Å². The average Bonchev–Trinajstić information content (AvgIpc) is 0.918. The zero-order valence-corrected chi connectivity index (χ0v) is 4.16. The topological polar surface area (TPSA) is 52.5 Å². The van der Waals surface area contributed by atoms with Crippen LogP contribution >= 0.6 is 0 Å². The van der Waals surface area contributed by atoms with Crippen LogP contribution in [0.4, 0.5) is 0 Å². The van der Waals surface area contributed by atoms with Gasteiger partial charge in [-0.15, -0.1) is 5.34 Å². The molecular weight excluding hydrogens is 236 g/mol. The Kier molecular flexibility index (Phi) is 26.3. The molecule has 0 bridgehead atoms. The predicted molar refractivity (Wildman–Crippen MR) is 9.16 cm³/mol. The molecule has 0 unspecified atom stereocenters. The standard InChI is InChI=1S/HNO2.Os/c2-1-3;/h(H,2,3);/p-1. The van der Waals surface area contributed by atoms with Crippen molar-refractivity contribution in [1.29, 1.82) is 0 Å². The van der Waals surface area contributed by atoms with Crippen molar-refractivity contribution in [1.82, 2.24) is 0 Å². The van der Waals surface area contributed by atoms with E-state index in [1.165, 1.54) is 0 Å². The monoisotopic (exact) mass is 238 g/mol. The second-order valence-corrected chi connectivity index (χ2v) is 0.0745. The van der Waals surface area contributed by atoms with E-state index >= 15 is 0 Å². The summed E-state index contributed by atoms with van der Waals surface area (Å²) in [7, 11) is 0. The van der Waals surface area contributed by atoms with Gasteiger partial charge < -0.3 is 10.1 Å². The van der Waals surface area contributed by atoms with Gasteiger partial charge >= 0.3 is 0 Å². The maximum atomic E-state index is 8.00. The van der Waals surface area contributed by atoms with Gasteiger partial charge in [-0.05, 0) is 0 Å². The summed E-state index contributed by atoms with van der Waals surface area (Å²) in [5.74, 6) is 0. The van der Waals surface area contributed by atoms with Crippen molar-refractivity contribution in [2.75, 3.05) is 0 Å². The molecule has 0 aromatic carbocycles. The maximum absolute atomic E-state index is 8.00. The van der Waals surface area contributed by atoms with E-state index in [1.54, 1.807) is 0 Å². The summed E-state index contributed by atoms with van der Waals surface area (Å²) in [6, 6.07) is 0. The van der Waals surface area contributed by atoms with Crippen molar-refractivity contribution in [2.45, 2.75) is 0 Å². The minimum Gasteiger partial charge on any atom is -0.444 e. The molecule has 0 saturated carbocycles. The van der Waals surface area contributed by atoms with Crippen molar-refractivity contribution in [3.05, 3.63) is 10.1 Å². The Balaban J connectivity index is 0. The quantitative estimate of drug-likeness (QED) is 0.447. The number of hydrogen-bond donors (Lipinski definition) is 0. The molecule has 0 fully saturated rings. The van der Waals surface area contributed by atoms with Crippen molar-refractivity contribution >= 4 is 0 Å². The average molecular weight is 236 g/mol. The summed E-state index contributed by atoms with van der Waals surface area (Å²) < 4.78 is 0. The van der Waals surface area contributed by atoms with Crippen molar-refractivity contribution in [2.24, 2.45) is 5.34 Å². The molecule has 0 N–H and O–H groups in total. The minimum absolute atomic E-state index is 0. The SMILES string of the molecule is O=N[O-].[Os]. The van der Waals surface area contributed by atoms with Crippen molar-refractivity contribution in [3.63, 3.8) is 0 Å². The molecule has 26 valence electrons. The second kappa shape index (κ2) is 11.7. The van der Waals surface area contributed by atoms with Crippen LogP contribution in [0.3, 0.4) is 0 Å². The van der Waals surface area contributed by atoms with Gasteiger partial charge in [-0.25, -0.2) is 0 Å². The zero-order valence-electron chi connectivity index (χ0n) is 1.62. The van der Waals surface area contributed by atoms with E-state index in [0.717, 1.165) is 5.34 Å². The van der Waals surface area contributed by atoms with Gasteiger partial charge in [-0.2, -0.15) is 0 Å². The van der Waals surface area contributed by atoms with E-state index in [2.05, 4.69) is 0 Å².